The molecule has 3 unspecified atom stereocenters. The van der Waals surface area contributed by atoms with Crippen molar-refractivity contribution in [1.82, 2.24) is 15.5 Å². The fraction of sp³-hybridized carbons (Fsp3) is 0.917. The summed E-state index contributed by atoms with van der Waals surface area (Å²) in [5.41, 5.74) is 0. The Morgan fingerprint density at radius 3 is 2.81 bits per heavy atom. The van der Waals surface area contributed by atoms with E-state index in [-0.39, 0.29) is 11.8 Å². The summed E-state index contributed by atoms with van der Waals surface area (Å²) in [6, 6.07) is 0.694. The van der Waals surface area contributed by atoms with Crippen molar-refractivity contribution in [2.24, 2.45) is 5.92 Å². The van der Waals surface area contributed by atoms with Gasteiger partial charge in [0.2, 0.25) is 5.91 Å². The lowest BCUT2D eigenvalue weighted by molar-refractivity contribution is -0.126. The first-order chi connectivity index (χ1) is 7.52. The van der Waals surface area contributed by atoms with Gasteiger partial charge in [0.25, 0.3) is 0 Å². The lowest BCUT2D eigenvalue weighted by Crippen LogP contribution is -2.48. The molecular weight excluding hydrogens is 202 g/mol. The molecule has 1 amide bonds. The monoisotopic (exact) mass is 227 g/mol. The number of carbonyl (C=O) groups is 1. The van der Waals surface area contributed by atoms with Gasteiger partial charge in [0.15, 0.2) is 0 Å². The number of piperidine rings is 1. The van der Waals surface area contributed by atoms with Crippen LogP contribution in [0.4, 0.5) is 0 Å². The zero-order valence-electron chi connectivity index (χ0n) is 10.9. The van der Waals surface area contributed by atoms with Crippen molar-refractivity contribution in [1.29, 1.82) is 0 Å². The third kappa shape index (κ3) is 3.76. The molecule has 0 aliphatic carbocycles. The van der Waals surface area contributed by atoms with Crippen molar-refractivity contribution >= 4 is 5.91 Å². The fourth-order valence-electron chi connectivity index (χ4n) is 1.96. The van der Waals surface area contributed by atoms with Crippen LogP contribution in [0.3, 0.4) is 0 Å². The molecule has 3 atom stereocenters. The minimum atomic E-state index is 0.142. The van der Waals surface area contributed by atoms with E-state index in [0.717, 1.165) is 25.9 Å². The van der Waals surface area contributed by atoms with Crippen LogP contribution in [-0.2, 0) is 4.79 Å². The number of amides is 1. The second kappa shape index (κ2) is 6.21. The van der Waals surface area contributed by atoms with Gasteiger partial charge >= 0.3 is 0 Å². The van der Waals surface area contributed by atoms with E-state index in [4.69, 9.17) is 0 Å². The maximum atomic E-state index is 12.0. The van der Waals surface area contributed by atoms with Gasteiger partial charge in [-0.1, -0.05) is 0 Å². The van der Waals surface area contributed by atoms with E-state index < -0.39 is 0 Å². The Labute approximate surface area is 98.8 Å². The van der Waals surface area contributed by atoms with Gasteiger partial charge in [0.05, 0.1) is 5.92 Å². The predicted molar refractivity (Wildman–Crippen MR) is 66.3 cm³/mol. The fourth-order valence-corrected chi connectivity index (χ4v) is 1.96. The number of carbonyl (C=O) groups excluding carboxylic acids is 1. The van der Waals surface area contributed by atoms with E-state index in [1.165, 1.54) is 0 Å². The van der Waals surface area contributed by atoms with Crippen LogP contribution in [0.5, 0.6) is 0 Å². The second-order valence-corrected chi connectivity index (χ2v) is 5.05. The highest BCUT2D eigenvalue weighted by atomic mass is 16.1. The molecule has 1 fully saturated rings. The van der Waals surface area contributed by atoms with Crippen molar-refractivity contribution in [2.75, 3.05) is 27.2 Å². The topological polar surface area (TPSA) is 44.4 Å². The molecule has 16 heavy (non-hydrogen) atoms. The summed E-state index contributed by atoms with van der Waals surface area (Å²) < 4.78 is 0. The van der Waals surface area contributed by atoms with Gasteiger partial charge in [-0.05, 0) is 47.3 Å². The highest BCUT2D eigenvalue weighted by Gasteiger charge is 2.27. The van der Waals surface area contributed by atoms with Crippen LogP contribution in [0.15, 0.2) is 0 Å². The van der Waals surface area contributed by atoms with E-state index in [1.54, 1.807) is 0 Å². The summed E-state index contributed by atoms with van der Waals surface area (Å²) in [6.45, 7) is 5.98. The third-order valence-electron chi connectivity index (χ3n) is 3.55. The predicted octanol–water partition coefficient (Wildman–Crippen LogP) is 0.441. The Balaban J connectivity index is 2.33. The van der Waals surface area contributed by atoms with Gasteiger partial charge in [0.1, 0.15) is 0 Å². The molecule has 1 aliphatic heterocycles. The maximum Gasteiger partial charge on any atom is 0.224 e. The van der Waals surface area contributed by atoms with Crippen LogP contribution in [-0.4, -0.2) is 50.1 Å². The van der Waals surface area contributed by atoms with Crippen molar-refractivity contribution in [3.63, 3.8) is 0 Å². The smallest absolute Gasteiger partial charge is 0.224 e. The molecule has 94 valence electrons. The van der Waals surface area contributed by atoms with Crippen LogP contribution in [0, 0.1) is 5.92 Å². The molecule has 4 heteroatoms. The molecule has 0 aromatic carbocycles. The van der Waals surface area contributed by atoms with Crippen LogP contribution in [0.2, 0.25) is 0 Å². The van der Waals surface area contributed by atoms with E-state index in [2.05, 4.69) is 29.4 Å². The molecule has 1 heterocycles. The van der Waals surface area contributed by atoms with Gasteiger partial charge in [0, 0.05) is 18.6 Å². The van der Waals surface area contributed by atoms with Crippen LogP contribution < -0.4 is 10.6 Å². The van der Waals surface area contributed by atoms with Crippen molar-refractivity contribution in [3.8, 4) is 0 Å². The molecule has 0 spiro atoms. The molecule has 1 saturated heterocycles. The average Bonchev–Trinajstić information content (AvgIpc) is 2.25. The third-order valence-corrected chi connectivity index (χ3v) is 3.55. The van der Waals surface area contributed by atoms with Gasteiger partial charge in [-0.25, -0.2) is 0 Å². The molecule has 4 nitrogen and oxygen atoms in total. The normalized spacial score (nSPS) is 27.8. The van der Waals surface area contributed by atoms with Crippen LogP contribution in [0.25, 0.3) is 0 Å². The summed E-state index contributed by atoms with van der Waals surface area (Å²) in [7, 11) is 4.06. The number of nitrogens with zero attached hydrogens (tertiary/aromatic N) is 1. The standard InChI is InChI=1S/C12H25N3O/c1-9(15(3)4)8-14-12(16)11-6-5-7-13-10(11)2/h9-11,13H,5-8H2,1-4H3,(H,14,16). The number of likely N-dealkylation sites (N-methyl/N-ethyl adjacent to an activating group) is 1. The Bertz CT molecular complexity index is 230. The Morgan fingerprint density at radius 2 is 2.25 bits per heavy atom. The summed E-state index contributed by atoms with van der Waals surface area (Å²) >= 11 is 0. The molecular formula is C12H25N3O. The number of hydrogen-bond donors (Lipinski definition) is 2. The molecule has 0 bridgehead atoms. The van der Waals surface area contributed by atoms with Crippen molar-refractivity contribution < 1.29 is 4.79 Å². The summed E-state index contributed by atoms with van der Waals surface area (Å²) in [4.78, 5) is 14.1. The van der Waals surface area contributed by atoms with E-state index in [0.29, 0.717) is 12.1 Å². The van der Waals surface area contributed by atoms with Gasteiger partial charge in [-0.2, -0.15) is 0 Å². The molecule has 0 aromatic heterocycles. The zero-order chi connectivity index (χ0) is 12.1. The Kier molecular flexibility index (Phi) is 5.22. The number of nitrogens with one attached hydrogen (secondary N) is 2. The number of hydrogen-bond acceptors (Lipinski definition) is 3. The first-order valence-electron chi connectivity index (χ1n) is 6.20. The molecule has 0 radical (unpaired) electrons. The number of rotatable bonds is 4. The summed E-state index contributed by atoms with van der Waals surface area (Å²) in [5.74, 6) is 0.344. The first-order valence-corrected chi connectivity index (χ1v) is 6.20. The zero-order valence-corrected chi connectivity index (χ0v) is 10.9. The van der Waals surface area contributed by atoms with Crippen molar-refractivity contribution in [3.05, 3.63) is 0 Å². The van der Waals surface area contributed by atoms with Gasteiger partial charge in [-0.15, -0.1) is 0 Å². The Morgan fingerprint density at radius 1 is 1.56 bits per heavy atom. The van der Waals surface area contributed by atoms with E-state index >= 15 is 0 Å². The lowest BCUT2D eigenvalue weighted by Gasteiger charge is -2.29. The quantitative estimate of drug-likeness (QED) is 0.732. The SMILES string of the molecule is CC1NCCCC1C(=O)NCC(C)N(C)C. The van der Waals surface area contributed by atoms with Gasteiger partial charge < -0.3 is 15.5 Å². The molecule has 1 aliphatic rings. The van der Waals surface area contributed by atoms with E-state index in [9.17, 15) is 4.79 Å². The Hall–Kier alpha value is -0.610. The van der Waals surface area contributed by atoms with Crippen molar-refractivity contribution in [2.45, 2.75) is 38.8 Å². The highest BCUT2D eigenvalue weighted by Crippen LogP contribution is 2.16. The minimum absolute atomic E-state index is 0.142. The highest BCUT2D eigenvalue weighted by molar-refractivity contribution is 5.79. The van der Waals surface area contributed by atoms with Crippen LogP contribution in [0.1, 0.15) is 26.7 Å². The van der Waals surface area contributed by atoms with Gasteiger partial charge in [-0.3, -0.25) is 4.79 Å². The molecule has 0 saturated carbocycles. The maximum absolute atomic E-state index is 12.0. The summed E-state index contributed by atoms with van der Waals surface area (Å²) in [5, 5.41) is 6.40. The van der Waals surface area contributed by atoms with Crippen LogP contribution >= 0.6 is 0 Å². The average molecular weight is 227 g/mol. The molecule has 2 N–H and O–H groups in total. The molecule has 1 rings (SSSR count). The summed E-state index contributed by atoms with van der Waals surface area (Å²) in [6.07, 6.45) is 2.11. The second-order valence-electron chi connectivity index (χ2n) is 5.05. The minimum Gasteiger partial charge on any atom is -0.354 e. The molecule has 0 aromatic rings. The first kappa shape index (κ1) is 13.5. The largest absolute Gasteiger partial charge is 0.354 e. The lowest BCUT2D eigenvalue weighted by atomic mass is 9.91. The van der Waals surface area contributed by atoms with E-state index in [1.807, 2.05) is 14.1 Å².